The molecule has 1 aliphatic rings. The molecule has 1 amide bonds. The molecule has 25 heavy (non-hydrogen) atoms. The minimum atomic E-state index is -0.872. The van der Waals surface area contributed by atoms with Crippen LogP contribution in [0.4, 0.5) is 5.69 Å². The molecule has 6 nitrogen and oxygen atoms in total. The van der Waals surface area contributed by atoms with Gasteiger partial charge < -0.3 is 14.0 Å². The van der Waals surface area contributed by atoms with Crippen LogP contribution in [0.5, 0.6) is 0 Å². The topological polar surface area (TPSA) is 63.9 Å². The third-order valence-corrected chi connectivity index (χ3v) is 4.36. The lowest BCUT2D eigenvalue weighted by Crippen LogP contribution is -2.39. The molecule has 0 bridgehead atoms. The van der Waals surface area contributed by atoms with Crippen molar-refractivity contribution in [1.29, 1.82) is 0 Å². The smallest absolute Gasteiger partial charge is 0.359 e. The summed E-state index contributed by atoms with van der Waals surface area (Å²) in [5, 5.41) is 0. The number of fused-ring (bicyclic) bond motifs is 2. The van der Waals surface area contributed by atoms with Crippen molar-refractivity contribution in [3.63, 3.8) is 0 Å². The van der Waals surface area contributed by atoms with Crippen molar-refractivity contribution in [2.24, 2.45) is 0 Å². The molecule has 1 aromatic carbocycles. The molecule has 0 spiro atoms. The molecule has 3 aromatic rings. The van der Waals surface area contributed by atoms with Gasteiger partial charge in [0.1, 0.15) is 5.65 Å². The number of hydrogen-bond acceptors (Lipinski definition) is 4. The first-order chi connectivity index (χ1) is 12.1. The maximum atomic E-state index is 12.7. The van der Waals surface area contributed by atoms with E-state index in [2.05, 4.69) is 4.98 Å². The summed E-state index contributed by atoms with van der Waals surface area (Å²) in [6.07, 6.45) is 3.34. The van der Waals surface area contributed by atoms with Crippen LogP contribution in [0.25, 0.3) is 5.65 Å². The van der Waals surface area contributed by atoms with Crippen LogP contribution in [-0.2, 0) is 16.0 Å². The second-order valence-electron chi connectivity index (χ2n) is 6.01. The fourth-order valence-corrected chi connectivity index (χ4v) is 3.09. The summed E-state index contributed by atoms with van der Waals surface area (Å²) < 4.78 is 7.09. The fraction of sp³-hybridized carbons (Fsp3) is 0.211. The highest BCUT2D eigenvalue weighted by Gasteiger charge is 2.30. The first-order valence-electron chi connectivity index (χ1n) is 8.17. The summed E-state index contributed by atoms with van der Waals surface area (Å²) >= 11 is 0. The van der Waals surface area contributed by atoms with Gasteiger partial charge >= 0.3 is 5.97 Å². The lowest BCUT2D eigenvalue weighted by atomic mass is 10.2. The number of ether oxygens (including phenoxy) is 1. The van der Waals surface area contributed by atoms with E-state index in [1.54, 1.807) is 34.7 Å². The number of hydrogen-bond donors (Lipinski definition) is 0. The van der Waals surface area contributed by atoms with E-state index in [-0.39, 0.29) is 11.6 Å². The maximum absolute atomic E-state index is 12.7. The Morgan fingerprint density at radius 1 is 1.16 bits per heavy atom. The van der Waals surface area contributed by atoms with E-state index in [9.17, 15) is 9.59 Å². The predicted molar refractivity (Wildman–Crippen MR) is 92.6 cm³/mol. The van der Waals surface area contributed by atoms with Crippen molar-refractivity contribution in [3.05, 3.63) is 66.1 Å². The normalized spacial score (nSPS) is 14.4. The highest BCUT2D eigenvalue weighted by Crippen LogP contribution is 2.28. The molecule has 0 N–H and O–H groups in total. The number of aromatic nitrogens is 2. The van der Waals surface area contributed by atoms with Gasteiger partial charge in [-0.25, -0.2) is 9.78 Å². The van der Waals surface area contributed by atoms with Gasteiger partial charge in [0, 0.05) is 24.6 Å². The number of nitrogens with zero attached hydrogens (tertiary/aromatic N) is 3. The molecule has 0 saturated carbocycles. The number of pyridine rings is 1. The monoisotopic (exact) mass is 335 g/mol. The van der Waals surface area contributed by atoms with Gasteiger partial charge in [-0.3, -0.25) is 4.79 Å². The number of imidazole rings is 1. The summed E-state index contributed by atoms with van der Waals surface area (Å²) in [4.78, 5) is 30.9. The van der Waals surface area contributed by atoms with Gasteiger partial charge in [-0.2, -0.15) is 0 Å². The zero-order valence-electron chi connectivity index (χ0n) is 13.8. The highest BCUT2D eigenvalue weighted by molar-refractivity contribution is 6.00. The van der Waals surface area contributed by atoms with Gasteiger partial charge in [0.15, 0.2) is 11.8 Å². The van der Waals surface area contributed by atoms with Crippen LogP contribution >= 0.6 is 0 Å². The third-order valence-electron chi connectivity index (χ3n) is 4.36. The van der Waals surface area contributed by atoms with Crippen LogP contribution in [0, 0.1) is 0 Å². The van der Waals surface area contributed by atoms with Gasteiger partial charge in [0.25, 0.3) is 5.91 Å². The van der Waals surface area contributed by atoms with Crippen LogP contribution < -0.4 is 4.90 Å². The summed E-state index contributed by atoms with van der Waals surface area (Å²) in [5.74, 6) is -0.820. The van der Waals surface area contributed by atoms with Crippen molar-refractivity contribution in [3.8, 4) is 0 Å². The molecule has 3 heterocycles. The first-order valence-corrected chi connectivity index (χ1v) is 8.17. The van der Waals surface area contributed by atoms with Gasteiger partial charge in [-0.05, 0) is 37.1 Å². The minimum absolute atomic E-state index is 0.188. The Labute approximate surface area is 144 Å². The number of anilines is 1. The van der Waals surface area contributed by atoms with E-state index in [1.165, 1.54) is 0 Å². The molecular weight excluding hydrogens is 318 g/mol. The number of carbonyl (C=O) groups is 2. The molecule has 0 radical (unpaired) electrons. The van der Waals surface area contributed by atoms with E-state index < -0.39 is 12.1 Å². The van der Waals surface area contributed by atoms with Crippen molar-refractivity contribution >= 4 is 23.2 Å². The average molecular weight is 335 g/mol. The van der Waals surface area contributed by atoms with Gasteiger partial charge in [-0.1, -0.05) is 24.3 Å². The largest absolute Gasteiger partial charge is 0.448 e. The van der Waals surface area contributed by atoms with Gasteiger partial charge in [-0.15, -0.1) is 0 Å². The number of benzene rings is 1. The lowest BCUT2D eigenvalue weighted by molar-refractivity contribution is -0.126. The first kappa shape index (κ1) is 15.4. The number of carbonyl (C=O) groups excluding carboxylic acids is 2. The Balaban J connectivity index is 1.49. The van der Waals surface area contributed by atoms with Crippen molar-refractivity contribution in [2.75, 3.05) is 11.4 Å². The molecule has 1 aliphatic heterocycles. The molecule has 126 valence electrons. The summed E-state index contributed by atoms with van der Waals surface area (Å²) in [7, 11) is 0. The van der Waals surface area contributed by atoms with Crippen molar-refractivity contribution in [2.45, 2.75) is 19.4 Å². The summed E-state index contributed by atoms with van der Waals surface area (Å²) in [6.45, 7) is 2.20. The second kappa shape index (κ2) is 6.05. The molecule has 0 unspecified atom stereocenters. The Bertz CT molecular complexity index is 930. The van der Waals surface area contributed by atoms with Crippen LogP contribution in [0.3, 0.4) is 0 Å². The molecular formula is C19H17N3O3. The molecule has 2 aromatic heterocycles. The SMILES string of the molecule is C[C@H](OC(=O)c1cn2ccccc2n1)C(=O)N1CCc2ccccc21. The lowest BCUT2D eigenvalue weighted by Gasteiger charge is -2.21. The highest BCUT2D eigenvalue weighted by atomic mass is 16.5. The Kier molecular flexibility index (Phi) is 3.72. The van der Waals surface area contributed by atoms with E-state index >= 15 is 0 Å². The Hall–Kier alpha value is -3.15. The summed E-state index contributed by atoms with van der Waals surface area (Å²) in [6, 6.07) is 13.3. The van der Waals surface area contributed by atoms with E-state index in [0.717, 1.165) is 17.7 Å². The van der Waals surface area contributed by atoms with Crippen LogP contribution in [-0.4, -0.2) is 33.9 Å². The molecule has 6 heteroatoms. The quantitative estimate of drug-likeness (QED) is 0.690. The number of para-hydroxylation sites is 1. The van der Waals surface area contributed by atoms with Crippen LogP contribution in [0.2, 0.25) is 0 Å². The zero-order chi connectivity index (χ0) is 17.4. The molecule has 0 aliphatic carbocycles. The van der Waals surface area contributed by atoms with Crippen molar-refractivity contribution < 1.29 is 14.3 Å². The third kappa shape index (κ3) is 2.76. The van der Waals surface area contributed by atoms with Crippen LogP contribution in [0.15, 0.2) is 54.9 Å². The number of rotatable bonds is 3. The Morgan fingerprint density at radius 3 is 2.80 bits per heavy atom. The van der Waals surface area contributed by atoms with E-state index in [4.69, 9.17) is 4.74 Å². The number of amides is 1. The van der Waals surface area contributed by atoms with Crippen molar-refractivity contribution in [1.82, 2.24) is 9.38 Å². The predicted octanol–water partition coefficient (Wildman–Crippen LogP) is 2.47. The number of esters is 1. The van der Waals surface area contributed by atoms with Crippen LogP contribution in [0.1, 0.15) is 23.0 Å². The van der Waals surface area contributed by atoms with E-state index in [0.29, 0.717) is 12.2 Å². The summed E-state index contributed by atoms with van der Waals surface area (Å²) in [5.41, 5.74) is 2.87. The maximum Gasteiger partial charge on any atom is 0.359 e. The Morgan fingerprint density at radius 2 is 1.96 bits per heavy atom. The molecule has 1 atom stereocenters. The van der Waals surface area contributed by atoms with E-state index in [1.807, 2.05) is 36.4 Å². The molecule has 0 saturated heterocycles. The average Bonchev–Trinajstić information content (AvgIpc) is 3.25. The second-order valence-corrected chi connectivity index (χ2v) is 6.01. The van der Waals surface area contributed by atoms with Gasteiger partial charge in [0.05, 0.1) is 0 Å². The fourth-order valence-electron chi connectivity index (χ4n) is 3.09. The zero-order valence-corrected chi connectivity index (χ0v) is 13.8. The molecule has 4 rings (SSSR count). The minimum Gasteiger partial charge on any atom is -0.448 e. The standard InChI is InChI=1S/C19H17N3O3/c1-13(18(23)22-11-9-14-6-2-3-7-16(14)22)25-19(24)15-12-21-10-5-4-8-17(21)20-15/h2-8,10,12-13H,9,11H2,1H3/t13-/m0/s1. The molecule has 0 fully saturated rings. The van der Waals surface area contributed by atoms with Gasteiger partial charge in [0.2, 0.25) is 0 Å².